The van der Waals surface area contributed by atoms with Crippen LogP contribution in [0.25, 0.3) is 5.70 Å². The molecule has 2 aromatic rings. The summed E-state index contributed by atoms with van der Waals surface area (Å²) in [5, 5.41) is 9.54. The van der Waals surface area contributed by atoms with Crippen molar-refractivity contribution < 1.29 is 14.3 Å². The summed E-state index contributed by atoms with van der Waals surface area (Å²) in [6.07, 6.45) is 0. The summed E-state index contributed by atoms with van der Waals surface area (Å²) in [6, 6.07) is 12.2. The minimum Gasteiger partial charge on any atom is -0.507 e. The van der Waals surface area contributed by atoms with Crippen molar-refractivity contribution in [2.45, 2.75) is 0 Å². The van der Waals surface area contributed by atoms with Gasteiger partial charge in [-0.3, -0.25) is 15.6 Å². The second-order valence-corrected chi connectivity index (χ2v) is 4.05. The molecule has 0 spiro atoms. The molecule has 0 aromatic heterocycles. The van der Waals surface area contributed by atoms with E-state index in [9.17, 15) is 14.3 Å². The Hall–Kier alpha value is -2.82. The third kappa shape index (κ3) is 2.95. The Balaban J connectivity index is 2.03. The topological polar surface area (TPSA) is 61.4 Å². The number of phenols is 1. The molecule has 0 saturated carbocycles. The van der Waals surface area contributed by atoms with Gasteiger partial charge in [-0.2, -0.15) is 0 Å². The van der Waals surface area contributed by atoms with Crippen molar-refractivity contribution in [3.05, 3.63) is 72.1 Å². The first-order valence-corrected chi connectivity index (χ1v) is 5.87. The molecule has 0 heterocycles. The average Bonchev–Trinajstić information content (AvgIpc) is 2.45. The molecule has 5 heteroatoms. The number of amides is 1. The van der Waals surface area contributed by atoms with Gasteiger partial charge in [0.05, 0.1) is 11.3 Å². The van der Waals surface area contributed by atoms with Gasteiger partial charge < -0.3 is 5.11 Å². The fraction of sp³-hybridized carbons (Fsp3) is 0. The molecule has 0 aliphatic rings. The molecule has 0 unspecified atom stereocenters. The van der Waals surface area contributed by atoms with E-state index < -0.39 is 11.7 Å². The molecular weight excluding hydrogens is 259 g/mol. The molecule has 0 atom stereocenters. The zero-order valence-electron chi connectivity index (χ0n) is 10.6. The largest absolute Gasteiger partial charge is 0.507 e. The summed E-state index contributed by atoms with van der Waals surface area (Å²) >= 11 is 0. The number of hydrazine groups is 1. The van der Waals surface area contributed by atoms with Gasteiger partial charge in [0.2, 0.25) is 0 Å². The molecule has 0 saturated heterocycles. The molecule has 2 aromatic carbocycles. The third-order valence-electron chi connectivity index (χ3n) is 2.67. The van der Waals surface area contributed by atoms with E-state index in [1.165, 1.54) is 24.3 Å². The van der Waals surface area contributed by atoms with Crippen molar-refractivity contribution in [2.24, 2.45) is 0 Å². The number of hydrogen-bond acceptors (Lipinski definition) is 3. The Morgan fingerprint density at radius 2 is 1.60 bits per heavy atom. The van der Waals surface area contributed by atoms with Crippen molar-refractivity contribution >= 4 is 11.6 Å². The van der Waals surface area contributed by atoms with Gasteiger partial charge in [0.1, 0.15) is 11.6 Å². The lowest BCUT2D eigenvalue weighted by Crippen LogP contribution is -2.36. The van der Waals surface area contributed by atoms with Crippen LogP contribution in [0.4, 0.5) is 4.39 Å². The van der Waals surface area contributed by atoms with Gasteiger partial charge in [0.25, 0.3) is 5.91 Å². The highest BCUT2D eigenvalue weighted by molar-refractivity contribution is 5.96. The van der Waals surface area contributed by atoms with Crippen LogP contribution in [0, 0.1) is 5.82 Å². The number of phenolic OH excluding ortho intramolecular Hbond substituents is 1. The van der Waals surface area contributed by atoms with Gasteiger partial charge in [-0.25, -0.2) is 4.39 Å². The fourth-order valence-electron chi connectivity index (χ4n) is 1.64. The summed E-state index contributed by atoms with van der Waals surface area (Å²) in [5.74, 6) is -1.12. The number of nitrogens with one attached hydrogen (secondary N) is 2. The molecule has 0 radical (unpaired) electrons. The standard InChI is InChI=1S/C15H13FN2O2/c1-10(11-6-2-4-8-13(11)16)17-18-15(20)12-7-3-5-9-14(12)19/h2-9,17,19H,1H2,(H,18,20). The van der Waals surface area contributed by atoms with Crippen molar-refractivity contribution in [3.63, 3.8) is 0 Å². The normalized spacial score (nSPS) is 9.85. The summed E-state index contributed by atoms with van der Waals surface area (Å²) in [4.78, 5) is 11.8. The lowest BCUT2D eigenvalue weighted by molar-refractivity contribution is 0.0939. The summed E-state index contributed by atoms with van der Waals surface area (Å²) in [7, 11) is 0. The van der Waals surface area contributed by atoms with E-state index in [-0.39, 0.29) is 22.6 Å². The summed E-state index contributed by atoms with van der Waals surface area (Å²) < 4.78 is 13.5. The molecule has 102 valence electrons. The molecular formula is C15H13FN2O2. The average molecular weight is 272 g/mol. The molecule has 2 rings (SSSR count). The van der Waals surface area contributed by atoms with Crippen LogP contribution in [0.1, 0.15) is 15.9 Å². The monoisotopic (exact) mass is 272 g/mol. The number of aromatic hydroxyl groups is 1. The van der Waals surface area contributed by atoms with Crippen LogP contribution >= 0.6 is 0 Å². The molecule has 0 bridgehead atoms. The molecule has 20 heavy (non-hydrogen) atoms. The van der Waals surface area contributed by atoms with E-state index in [2.05, 4.69) is 17.4 Å². The number of rotatable bonds is 4. The van der Waals surface area contributed by atoms with E-state index in [4.69, 9.17) is 0 Å². The van der Waals surface area contributed by atoms with Gasteiger partial charge in [0, 0.05) is 5.56 Å². The second-order valence-electron chi connectivity index (χ2n) is 4.05. The van der Waals surface area contributed by atoms with Crippen LogP contribution in [0.15, 0.2) is 55.1 Å². The van der Waals surface area contributed by atoms with Gasteiger partial charge in [-0.1, -0.05) is 30.8 Å². The van der Waals surface area contributed by atoms with Crippen molar-refractivity contribution in [2.75, 3.05) is 0 Å². The highest BCUT2D eigenvalue weighted by Crippen LogP contribution is 2.16. The highest BCUT2D eigenvalue weighted by atomic mass is 19.1. The Morgan fingerprint density at radius 3 is 2.25 bits per heavy atom. The fourth-order valence-corrected chi connectivity index (χ4v) is 1.64. The van der Waals surface area contributed by atoms with Crippen LogP contribution in [0.5, 0.6) is 5.75 Å². The predicted octanol–water partition coefficient (Wildman–Crippen LogP) is 2.44. The van der Waals surface area contributed by atoms with Crippen molar-refractivity contribution in [3.8, 4) is 5.75 Å². The van der Waals surface area contributed by atoms with Crippen LogP contribution in [-0.4, -0.2) is 11.0 Å². The van der Waals surface area contributed by atoms with E-state index in [0.717, 1.165) is 0 Å². The second kappa shape index (κ2) is 5.88. The molecule has 4 nitrogen and oxygen atoms in total. The van der Waals surface area contributed by atoms with Gasteiger partial charge in [0.15, 0.2) is 0 Å². The van der Waals surface area contributed by atoms with E-state index in [0.29, 0.717) is 0 Å². The number of hydrogen-bond donors (Lipinski definition) is 3. The summed E-state index contributed by atoms with van der Waals surface area (Å²) in [5.41, 5.74) is 5.45. The first-order chi connectivity index (χ1) is 9.59. The lowest BCUT2D eigenvalue weighted by atomic mass is 10.1. The van der Waals surface area contributed by atoms with Gasteiger partial charge >= 0.3 is 0 Å². The number of para-hydroxylation sites is 1. The maximum Gasteiger partial charge on any atom is 0.273 e. The Morgan fingerprint density at radius 1 is 1.00 bits per heavy atom. The number of carbonyl (C=O) groups excluding carboxylic acids is 1. The minimum absolute atomic E-state index is 0.112. The smallest absolute Gasteiger partial charge is 0.273 e. The first kappa shape index (κ1) is 13.6. The first-order valence-electron chi connectivity index (χ1n) is 5.87. The molecule has 3 N–H and O–H groups in total. The maximum atomic E-state index is 13.5. The zero-order valence-corrected chi connectivity index (χ0v) is 10.6. The number of carbonyl (C=O) groups is 1. The van der Waals surface area contributed by atoms with E-state index in [1.807, 2.05) is 0 Å². The van der Waals surface area contributed by atoms with Crippen LogP contribution in [-0.2, 0) is 0 Å². The number of halogens is 1. The highest BCUT2D eigenvalue weighted by Gasteiger charge is 2.11. The Labute approximate surface area is 115 Å². The minimum atomic E-state index is -0.541. The summed E-state index contributed by atoms with van der Waals surface area (Å²) in [6.45, 7) is 3.65. The zero-order chi connectivity index (χ0) is 14.5. The Bertz CT molecular complexity index is 598. The lowest BCUT2D eigenvalue weighted by Gasteiger charge is -2.12. The quantitative estimate of drug-likeness (QED) is 0.749. The third-order valence-corrected chi connectivity index (χ3v) is 2.67. The molecule has 0 aliphatic heterocycles. The molecule has 0 fully saturated rings. The Kier molecular flexibility index (Phi) is 4.00. The van der Waals surface area contributed by atoms with E-state index in [1.54, 1.807) is 24.3 Å². The van der Waals surface area contributed by atoms with Crippen LogP contribution in [0.3, 0.4) is 0 Å². The molecule has 1 amide bonds. The van der Waals surface area contributed by atoms with E-state index >= 15 is 0 Å². The van der Waals surface area contributed by atoms with Crippen molar-refractivity contribution in [1.29, 1.82) is 0 Å². The van der Waals surface area contributed by atoms with Gasteiger partial charge in [-0.05, 0) is 24.3 Å². The van der Waals surface area contributed by atoms with Crippen LogP contribution < -0.4 is 10.9 Å². The predicted molar refractivity (Wildman–Crippen MR) is 74.1 cm³/mol. The van der Waals surface area contributed by atoms with Gasteiger partial charge in [-0.15, -0.1) is 0 Å². The maximum absolute atomic E-state index is 13.5. The SMILES string of the molecule is C=C(NNC(=O)c1ccccc1O)c1ccccc1F. The van der Waals surface area contributed by atoms with Crippen LogP contribution in [0.2, 0.25) is 0 Å². The number of benzene rings is 2. The van der Waals surface area contributed by atoms with Crippen molar-refractivity contribution in [1.82, 2.24) is 10.9 Å². The molecule has 0 aliphatic carbocycles.